The van der Waals surface area contributed by atoms with E-state index >= 15 is 0 Å². The summed E-state index contributed by atoms with van der Waals surface area (Å²) in [5.41, 5.74) is 3.63. The number of esters is 1. The van der Waals surface area contributed by atoms with Gasteiger partial charge in [-0.1, -0.05) is 24.1 Å². The van der Waals surface area contributed by atoms with Crippen LogP contribution in [-0.4, -0.2) is 20.9 Å². The van der Waals surface area contributed by atoms with E-state index in [1.165, 1.54) is 0 Å². The van der Waals surface area contributed by atoms with Gasteiger partial charge in [-0.3, -0.25) is 4.79 Å². The standard InChI is InChI=1S/C27H31NO6S/c1-18-11-13-20(14-12-18)35(31,32)28-15-7-3-4-10-25(29)33-23-16-19(2)17-24-26(23)21-8-5-6-9-22(21)27(30)34-24/h11-14,16-17,28H,3-10,15H2,1-2H3. The Bertz CT molecular complexity index is 1390. The summed E-state index contributed by atoms with van der Waals surface area (Å²) in [6.07, 6.45) is 5.49. The van der Waals surface area contributed by atoms with E-state index in [1.54, 1.807) is 30.3 Å². The molecule has 0 saturated heterocycles. The Balaban J connectivity index is 1.32. The fourth-order valence-electron chi connectivity index (χ4n) is 4.50. The maximum absolute atomic E-state index is 12.6. The van der Waals surface area contributed by atoms with Crippen molar-refractivity contribution in [2.24, 2.45) is 0 Å². The Hall–Kier alpha value is -2.97. The molecule has 0 unspecified atom stereocenters. The van der Waals surface area contributed by atoms with Crippen molar-refractivity contribution in [1.29, 1.82) is 0 Å². The molecule has 1 aliphatic rings. The molecule has 0 aliphatic heterocycles. The Labute approximate surface area is 205 Å². The molecule has 4 rings (SSSR count). The lowest BCUT2D eigenvalue weighted by Gasteiger charge is -2.18. The first-order valence-corrected chi connectivity index (χ1v) is 13.6. The van der Waals surface area contributed by atoms with E-state index in [9.17, 15) is 18.0 Å². The Kier molecular flexibility index (Phi) is 7.72. The summed E-state index contributed by atoms with van der Waals surface area (Å²) in [6, 6.07) is 10.3. The van der Waals surface area contributed by atoms with Gasteiger partial charge in [0.05, 0.1) is 10.3 Å². The van der Waals surface area contributed by atoms with Gasteiger partial charge in [-0.25, -0.2) is 17.9 Å². The SMILES string of the molecule is Cc1ccc(S(=O)(=O)NCCCCCC(=O)Oc2cc(C)cc3oc(=O)c4c(c23)CCCC4)cc1. The molecule has 7 nitrogen and oxygen atoms in total. The van der Waals surface area contributed by atoms with Crippen molar-refractivity contribution in [3.05, 3.63) is 69.1 Å². The minimum absolute atomic E-state index is 0.221. The summed E-state index contributed by atoms with van der Waals surface area (Å²) >= 11 is 0. The second kappa shape index (κ2) is 10.7. The molecule has 1 N–H and O–H groups in total. The Morgan fingerprint density at radius 1 is 0.971 bits per heavy atom. The number of nitrogens with one attached hydrogen (secondary N) is 1. The van der Waals surface area contributed by atoms with Crippen molar-refractivity contribution >= 4 is 27.0 Å². The zero-order valence-electron chi connectivity index (χ0n) is 20.2. The van der Waals surface area contributed by atoms with Crippen LogP contribution >= 0.6 is 0 Å². The molecule has 1 heterocycles. The van der Waals surface area contributed by atoms with Crippen molar-refractivity contribution in [2.75, 3.05) is 6.54 Å². The summed E-state index contributed by atoms with van der Waals surface area (Å²) in [7, 11) is -3.53. The van der Waals surface area contributed by atoms with Crippen LogP contribution in [0.5, 0.6) is 5.75 Å². The smallest absolute Gasteiger partial charge is 0.339 e. The lowest BCUT2D eigenvalue weighted by atomic mass is 9.90. The van der Waals surface area contributed by atoms with Crippen LogP contribution in [0, 0.1) is 13.8 Å². The molecule has 35 heavy (non-hydrogen) atoms. The molecule has 0 bridgehead atoms. The third-order valence-electron chi connectivity index (χ3n) is 6.33. The zero-order valence-corrected chi connectivity index (χ0v) is 21.0. The molecule has 0 spiro atoms. The third-order valence-corrected chi connectivity index (χ3v) is 7.81. The van der Waals surface area contributed by atoms with Crippen molar-refractivity contribution in [2.45, 2.75) is 70.1 Å². The van der Waals surface area contributed by atoms with E-state index in [2.05, 4.69) is 4.72 Å². The minimum atomic E-state index is -3.53. The van der Waals surface area contributed by atoms with Gasteiger partial charge in [0.2, 0.25) is 10.0 Å². The number of hydrogen-bond donors (Lipinski definition) is 1. The second-order valence-electron chi connectivity index (χ2n) is 9.19. The highest BCUT2D eigenvalue weighted by Crippen LogP contribution is 2.34. The summed E-state index contributed by atoms with van der Waals surface area (Å²) in [4.78, 5) is 25.2. The molecule has 0 amide bonds. The molecule has 2 aromatic carbocycles. The summed E-state index contributed by atoms with van der Waals surface area (Å²) in [5, 5.41) is 0.726. The fraction of sp³-hybridized carbons (Fsp3) is 0.407. The number of hydrogen-bond acceptors (Lipinski definition) is 6. The average Bonchev–Trinajstić information content (AvgIpc) is 2.81. The van der Waals surface area contributed by atoms with E-state index in [4.69, 9.17) is 9.15 Å². The van der Waals surface area contributed by atoms with Crippen LogP contribution in [0.25, 0.3) is 11.0 Å². The first kappa shape index (κ1) is 25.1. The van der Waals surface area contributed by atoms with Crippen molar-refractivity contribution in [3.8, 4) is 5.75 Å². The molecular formula is C27H31NO6S. The maximum Gasteiger partial charge on any atom is 0.339 e. The van der Waals surface area contributed by atoms with Gasteiger partial charge >= 0.3 is 11.6 Å². The van der Waals surface area contributed by atoms with Crippen LogP contribution in [0.4, 0.5) is 0 Å². The fourth-order valence-corrected chi connectivity index (χ4v) is 5.57. The lowest BCUT2D eigenvalue weighted by Crippen LogP contribution is -2.24. The van der Waals surface area contributed by atoms with E-state index in [0.29, 0.717) is 49.1 Å². The number of ether oxygens (including phenoxy) is 1. The largest absolute Gasteiger partial charge is 0.426 e. The van der Waals surface area contributed by atoms with Crippen molar-refractivity contribution < 1.29 is 22.4 Å². The van der Waals surface area contributed by atoms with Crippen LogP contribution in [0.1, 0.15) is 60.8 Å². The van der Waals surface area contributed by atoms with Crippen LogP contribution < -0.4 is 15.1 Å². The van der Waals surface area contributed by atoms with Gasteiger partial charge < -0.3 is 9.15 Å². The normalized spacial score (nSPS) is 13.5. The number of carbonyl (C=O) groups excluding carboxylic acids is 1. The summed E-state index contributed by atoms with van der Waals surface area (Å²) in [5.74, 6) is 0.0886. The van der Waals surface area contributed by atoms with Crippen molar-refractivity contribution in [3.63, 3.8) is 0 Å². The molecule has 1 aliphatic carbocycles. The molecule has 0 saturated carbocycles. The molecule has 0 radical (unpaired) electrons. The van der Waals surface area contributed by atoms with Gasteiger partial charge in [-0.2, -0.15) is 0 Å². The highest BCUT2D eigenvalue weighted by atomic mass is 32.2. The highest BCUT2D eigenvalue weighted by Gasteiger charge is 2.22. The van der Waals surface area contributed by atoms with Gasteiger partial charge in [0.15, 0.2) is 0 Å². The van der Waals surface area contributed by atoms with Gasteiger partial charge in [-0.15, -0.1) is 0 Å². The lowest BCUT2D eigenvalue weighted by molar-refractivity contribution is -0.134. The van der Waals surface area contributed by atoms with Crippen LogP contribution in [0.2, 0.25) is 0 Å². The van der Waals surface area contributed by atoms with Crippen LogP contribution in [-0.2, 0) is 27.7 Å². The van der Waals surface area contributed by atoms with Gasteiger partial charge in [0.1, 0.15) is 11.3 Å². The Morgan fingerprint density at radius 2 is 1.69 bits per heavy atom. The van der Waals surface area contributed by atoms with E-state index in [0.717, 1.165) is 41.3 Å². The number of benzene rings is 2. The Morgan fingerprint density at radius 3 is 2.43 bits per heavy atom. The average molecular weight is 498 g/mol. The number of sulfonamides is 1. The topological polar surface area (TPSA) is 103 Å². The number of fused-ring (bicyclic) bond motifs is 3. The quantitative estimate of drug-likeness (QED) is 0.198. The number of rotatable bonds is 9. The summed E-state index contributed by atoms with van der Waals surface area (Å²) < 4.78 is 38.5. The first-order chi connectivity index (χ1) is 16.7. The van der Waals surface area contributed by atoms with Crippen LogP contribution in [0.3, 0.4) is 0 Å². The van der Waals surface area contributed by atoms with E-state index < -0.39 is 10.0 Å². The molecule has 0 fully saturated rings. The van der Waals surface area contributed by atoms with Crippen molar-refractivity contribution in [1.82, 2.24) is 4.72 Å². The number of carbonyl (C=O) groups is 1. The number of aryl methyl sites for hydroxylation is 3. The second-order valence-corrected chi connectivity index (χ2v) is 11.0. The minimum Gasteiger partial charge on any atom is -0.426 e. The molecule has 0 atom stereocenters. The van der Waals surface area contributed by atoms with E-state index in [-0.39, 0.29) is 22.9 Å². The predicted molar refractivity (Wildman–Crippen MR) is 134 cm³/mol. The zero-order chi connectivity index (χ0) is 25.0. The molecule has 186 valence electrons. The highest BCUT2D eigenvalue weighted by molar-refractivity contribution is 7.89. The van der Waals surface area contributed by atoms with Gasteiger partial charge in [0, 0.05) is 18.5 Å². The third kappa shape index (κ3) is 6.00. The molecule has 8 heteroatoms. The van der Waals surface area contributed by atoms with Crippen LogP contribution in [0.15, 0.2) is 50.5 Å². The number of unbranched alkanes of at least 4 members (excludes halogenated alkanes) is 2. The predicted octanol–water partition coefficient (Wildman–Crippen LogP) is 4.73. The first-order valence-electron chi connectivity index (χ1n) is 12.1. The monoisotopic (exact) mass is 497 g/mol. The van der Waals surface area contributed by atoms with Gasteiger partial charge in [0.25, 0.3) is 0 Å². The van der Waals surface area contributed by atoms with E-state index in [1.807, 2.05) is 19.9 Å². The van der Waals surface area contributed by atoms with Gasteiger partial charge in [-0.05, 0) is 87.8 Å². The molecular weight excluding hydrogens is 466 g/mol. The molecule has 3 aromatic rings. The maximum atomic E-state index is 12.6. The molecule has 1 aromatic heterocycles. The summed E-state index contributed by atoms with van der Waals surface area (Å²) in [6.45, 7) is 4.08.